The first-order valence-electron chi connectivity index (χ1n) is 10.2. The number of hydrogen-bond donors (Lipinski definition) is 5. The minimum atomic E-state index is -3.75. The minimum Gasteiger partial charge on any atom is -0.493 e. The Labute approximate surface area is 202 Å². The van der Waals surface area contributed by atoms with Gasteiger partial charge < -0.3 is 14.8 Å². The average molecular weight is 506 g/mol. The van der Waals surface area contributed by atoms with E-state index in [0.29, 0.717) is 22.6 Å². The highest BCUT2D eigenvalue weighted by Gasteiger charge is 2.18. The topological polar surface area (TPSA) is 176 Å². The fourth-order valence-electron chi connectivity index (χ4n) is 2.96. The molecule has 0 aliphatic heterocycles. The molecule has 0 unspecified atom stereocenters. The molecule has 0 heterocycles. The van der Waals surface area contributed by atoms with Crippen LogP contribution in [0, 0.1) is 12.3 Å². The molecule has 35 heavy (non-hydrogen) atoms. The van der Waals surface area contributed by atoms with E-state index in [1.165, 1.54) is 39.5 Å². The number of hydrogen-bond acceptors (Lipinski definition) is 8. The molecular weight excluding hydrogens is 478 g/mol. The van der Waals surface area contributed by atoms with Crippen LogP contribution in [0.5, 0.6) is 11.5 Å². The third-order valence-corrected chi connectivity index (χ3v) is 6.20. The first kappa shape index (κ1) is 27.3. The molecule has 0 fully saturated rings. The average Bonchev–Trinajstić information content (AvgIpc) is 2.82. The molecule has 0 aliphatic carbocycles. The van der Waals surface area contributed by atoms with Gasteiger partial charge in [-0.3, -0.25) is 30.4 Å². The van der Waals surface area contributed by atoms with Gasteiger partial charge in [-0.1, -0.05) is 12.1 Å². The number of rotatable bonds is 9. The summed E-state index contributed by atoms with van der Waals surface area (Å²) in [7, 11) is 0.456. The van der Waals surface area contributed by atoms with E-state index >= 15 is 0 Å². The van der Waals surface area contributed by atoms with Crippen LogP contribution in [-0.4, -0.2) is 59.9 Å². The molecule has 0 radical (unpaired) electrons. The third-order valence-electron chi connectivity index (χ3n) is 4.78. The molecule has 188 valence electrons. The summed E-state index contributed by atoms with van der Waals surface area (Å²) in [5.41, 5.74) is 1.19. The van der Waals surface area contributed by atoms with E-state index in [-0.39, 0.29) is 16.9 Å². The van der Waals surface area contributed by atoms with Gasteiger partial charge in [0.25, 0.3) is 5.91 Å². The van der Waals surface area contributed by atoms with E-state index in [1.54, 1.807) is 25.1 Å². The smallest absolute Gasteiger partial charge is 0.252 e. The maximum Gasteiger partial charge on any atom is 0.252 e. The number of carbonyl (C=O) groups is 3. The Bertz CT molecular complexity index is 1240. The SMILES string of the molecule is CNS(=O)(=O)c1ccc(C)c(C(=O)NCC(=O)NC(=N)NC(=O)Cc2ccc(OC)c(OC)c2)c1. The molecule has 13 heteroatoms. The normalized spacial score (nSPS) is 10.7. The Morgan fingerprint density at radius 3 is 2.23 bits per heavy atom. The Kier molecular flexibility index (Phi) is 9.31. The lowest BCUT2D eigenvalue weighted by Crippen LogP contribution is -2.47. The van der Waals surface area contributed by atoms with Crippen molar-refractivity contribution < 1.29 is 32.3 Å². The van der Waals surface area contributed by atoms with Gasteiger partial charge in [0.1, 0.15) is 0 Å². The van der Waals surface area contributed by atoms with E-state index in [4.69, 9.17) is 14.9 Å². The van der Waals surface area contributed by atoms with Crippen LogP contribution in [0.15, 0.2) is 41.3 Å². The summed E-state index contributed by atoms with van der Waals surface area (Å²) in [4.78, 5) is 36.6. The van der Waals surface area contributed by atoms with Crippen LogP contribution in [0.25, 0.3) is 0 Å². The largest absolute Gasteiger partial charge is 0.493 e. The molecule has 0 aromatic heterocycles. The van der Waals surface area contributed by atoms with Crippen molar-refractivity contribution in [2.45, 2.75) is 18.2 Å². The van der Waals surface area contributed by atoms with E-state index < -0.39 is 40.2 Å². The van der Waals surface area contributed by atoms with Crippen molar-refractivity contribution in [2.24, 2.45) is 0 Å². The quantitative estimate of drug-likeness (QED) is 0.236. The van der Waals surface area contributed by atoms with Crippen LogP contribution in [0.1, 0.15) is 21.5 Å². The zero-order valence-electron chi connectivity index (χ0n) is 19.6. The first-order chi connectivity index (χ1) is 16.5. The van der Waals surface area contributed by atoms with E-state index in [9.17, 15) is 22.8 Å². The Balaban J connectivity index is 1.89. The second kappa shape index (κ2) is 11.9. The van der Waals surface area contributed by atoms with Gasteiger partial charge in [-0.2, -0.15) is 0 Å². The van der Waals surface area contributed by atoms with Crippen molar-refractivity contribution in [1.29, 1.82) is 5.41 Å². The maximum absolute atomic E-state index is 12.5. The fraction of sp³-hybridized carbons (Fsp3) is 0.273. The van der Waals surface area contributed by atoms with Crippen LogP contribution in [0.3, 0.4) is 0 Å². The fourth-order valence-corrected chi connectivity index (χ4v) is 3.72. The predicted molar refractivity (Wildman–Crippen MR) is 127 cm³/mol. The second-order valence-electron chi connectivity index (χ2n) is 7.20. The summed E-state index contributed by atoms with van der Waals surface area (Å²) in [6, 6.07) is 8.96. The lowest BCUT2D eigenvalue weighted by Gasteiger charge is -2.12. The van der Waals surface area contributed by atoms with Gasteiger partial charge in [0.2, 0.25) is 27.8 Å². The molecule has 0 bridgehead atoms. The van der Waals surface area contributed by atoms with Crippen molar-refractivity contribution in [3.05, 3.63) is 53.1 Å². The molecule has 2 aromatic carbocycles. The Morgan fingerprint density at radius 1 is 0.943 bits per heavy atom. The zero-order chi connectivity index (χ0) is 26.2. The molecule has 2 rings (SSSR count). The number of nitrogens with one attached hydrogen (secondary N) is 5. The number of benzene rings is 2. The van der Waals surface area contributed by atoms with Crippen LogP contribution in [0.2, 0.25) is 0 Å². The van der Waals surface area contributed by atoms with E-state index in [2.05, 4.69) is 20.7 Å². The number of sulfonamides is 1. The highest BCUT2D eigenvalue weighted by atomic mass is 32.2. The lowest BCUT2D eigenvalue weighted by molar-refractivity contribution is -0.119. The number of amides is 3. The molecule has 2 aromatic rings. The summed E-state index contributed by atoms with van der Waals surface area (Å²) >= 11 is 0. The van der Waals surface area contributed by atoms with Gasteiger partial charge >= 0.3 is 0 Å². The molecule has 0 atom stereocenters. The molecule has 0 saturated heterocycles. The number of methoxy groups -OCH3 is 2. The molecule has 3 amide bonds. The summed E-state index contributed by atoms with van der Waals surface area (Å²) in [5, 5.41) is 14.5. The first-order valence-corrected chi connectivity index (χ1v) is 11.7. The summed E-state index contributed by atoms with van der Waals surface area (Å²) < 4.78 is 36.4. The molecular formula is C22H27N5O7S. The third kappa shape index (κ3) is 7.52. The van der Waals surface area contributed by atoms with Crippen LogP contribution in [-0.2, 0) is 26.0 Å². The highest BCUT2D eigenvalue weighted by molar-refractivity contribution is 7.89. The van der Waals surface area contributed by atoms with Crippen LogP contribution >= 0.6 is 0 Å². The lowest BCUT2D eigenvalue weighted by atomic mass is 10.1. The highest BCUT2D eigenvalue weighted by Crippen LogP contribution is 2.27. The second-order valence-corrected chi connectivity index (χ2v) is 9.09. The molecule has 0 spiro atoms. The van der Waals surface area contributed by atoms with Gasteiger partial charge in [-0.15, -0.1) is 0 Å². The van der Waals surface area contributed by atoms with Crippen molar-refractivity contribution in [3.8, 4) is 11.5 Å². The van der Waals surface area contributed by atoms with Crippen LogP contribution in [0.4, 0.5) is 0 Å². The van der Waals surface area contributed by atoms with Crippen molar-refractivity contribution >= 4 is 33.7 Å². The number of guanidine groups is 1. The Morgan fingerprint density at radius 2 is 1.60 bits per heavy atom. The van der Waals surface area contributed by atoms with Gasteiger partial charge in [0.15, 0.2) is 11.5 Å². The van der Waals surface area contributed by atoms with E-state index in [0.717, 1.165) is 0 Å². The Hall–Kier alpha value is -3.97. The van der Waals surface area contributed by atoms with Crippen molar-refractivity contribution in [2.75, 3.05) is 27.8 Å². The molecule has 5 N–H and O–H groups in total. The minimum absolute atomic E-state index is 0.0763. The van der Waals surface area contributed by atoms with Gasteiger partial charge in [0.05, 0.1) is 32.1 Å². The van der Waals surface area contributed by atoms with Gasteiger partial charge in [0, 0.05) is 5.56 Å². The molecule has 12 nitrogen and oxygen atoms in total. The van der Waals surface area contributed by atoms with Crippen LogP contribution < -0.4 is 30.1 Å². The van der Waals surface area contributed by atoms with Crippen molar-refractivity contribution in [1.82, 2.24) is 20.7 Å². The van der Waals surface area contributed by atoms with E-state index in [1.807, 2.05) is 0 Å². The predicted octanol–water partition coefficient (Wildman–Crippen LogP) is 0.0600. The molecule has 0 saturated carbocycles. The number of ether oxygens (including phenoxy) is 2. The summed E-state index contributed by atoms with van der Waals surface area (Å²) in [6.07, 6.45) is -0.0829. The standard InChI is InChI=1S/C22H27N5O7S/c1-13-5-7-15(35(31,32)24-2)11-16(13)21(30)25-12-20(29)27-22(23)26-19(28)10-14-6-8-17(33-3)18(9-14)34-4/h5-9,11,24H,10,12H2,1-4H3,(H,25,30)(H3,23,26,27,28,29). The zero-order valence-corrected chi connectivity index (χ0v) is 20.5. The molecule has 0 aliphatic rings. The number of aryl methyl sites for hydroxylation is 1. The van der Waals surface area contributed by atoms with Gasteiger partial charge in [-0.05, 0) is 49.4 Å². The maximum atomic E-state index is 12.5. The number of carbonyl (C=O) groups excluding carboxylic acids is 3. The van der Waals surface area contributed by atoms with Gasteiger partial charge in [-0.25, -0.2) is 13.1 Å². The summed E-state index contributed by atoms with van der Waals surface area (Å²) in [5.74, 6) is -1.59. The summed E-state index contributed by atoms with van der Waals surface area (Å²) in [6.45, 7) is 1.11. The monoisotopic (exact) mass is 505 g/mol. The van der Waals surface area contributed by atoms with Crippen molar-refractivity contribution in [3.63, 3.8) is 0 Å².